The van der Waals surface area contributed by atoms with E-state index in [9.17, 15) is 0 Å². The van der Waals surface area contributed by atoms with Crippen molar-refractivity contribution in [3.05, 3.63) is 47.0 Å². The summed E-state index contributed by atoms with van der Waals surface area (Å²) in [4.78, 5) is 0. The molecule has 0 aliphatic heterocycles. The lowest BCUT2D eigenvalue weighted by atomic mass is 9.69. The minimum atomic E-state index is 0.966. The van der Waals surface area contributed by atoms with E-state index in [-0.39, 0.29) is 0 Å². The van der Waals surface area contributed by atoms with Crippen molar-refractivity contribution in [1.82, 2.24) is 0 Å². The Morgan fingerprint density at radius 2 is 1.84 bits per heavy atom. The van der Waals surface area contributed by atoms with Crippen LogP contribution in [0.25, 0.3) is 0 Å². The van der Waals surface area contributed by atoms with E-state index in [0.29, 0.717) is 0 Å². The molecule has 1 fully saturated rings. The van der Waals surface area contributed by atoms with Crippen LogP contribution in [0.15, 0.2) is 30.4 Å². The lowest BCUT2D eigenvalue weighted by molar-refractivity contribution is 0.183. The van der Waals surface area contributed by atoms with Crippen LogP contribution in [0.3, 0.4) is 0 Å². The van der Waals surface area contributed by atoms with E-state index in [0.717, 1.165) is 17.8 Å². The summed E-state index contributed by atoms with van der Waals surface area (Å²) in [6, 6.07) is 7.36. The predicted molar refractivity (Wildman–Crippen MR) is 110 cm³/mol. The Morgan fingerprint density at radius 1 is 1.00 bits per heavy atom. The van der Waals surface area contributed by atoms with Crippen LogP contribution in [0.2, 0.25) is 0 Å². The van der Waals surface area contributed by atoms with Crippen molar-refractivity contribution >= 4 is 0 Å². The van der Waals surface area contributed by atoms with Gasteiger partial charge in [0.25, 0.3) is 0 Å². The van der Waals surface area contributed by atoms with Crippen molar-refractivity contribution in [2.24, 2.45) is 17.8 Å². The molecule has 0 N–H and O–H groups in total. The third-order valence-corrected chi connectivity index (χ3v) is 6.90. The minimum Gasteiger partial charge on any atom is -0.0917 e. The number of unbranched alkanes of at least 4 members (excludes halogenated alkanes) is 1. The third-order valence-electron chi connectivity index (χ3n) is 6.90. The fourth-order valence-electron chi connectivity index (χ4n) is 5.25. The molecule has 0 radical (unpaired) electrons. The monoisotopic (exact) mass is 338 g/mol. The molecular formula is C25H38. The Labute approximate surface area is 156 Å². The number of allylic oxidation sites excluding steroid dienone is 2. The van der Waals surface area contributed by atoms with E-state index in [1.165, 1.54) is 82.6 Å². The maximum Gasteiger partial charge on any atom is -0.0244 e. The molecule has 0 heteroatoms. The summed E-state index contributed by atoms with van der Waals surface area (Å²) in [5.41, 5.74) is 4.86. The Kier molecular flexibility index (Phi) is 7.20. The van der Waals surface area contributed by atoms with Crippen LogP contribution in [0.5, 0.6) is 0 Å². The molecule has 1 aromatic rings. The molecule has 3 rings (SSSR count). The highest BCUT2D eigenvalue weighted by molar-refractivity contribution is 5.34. The van der Waals surface area contributed by atoms with Gasteiger partial charge in [-0.25, -0.2) is 0 Å². The number of aryl methyl sites for hydroxylation is 2. The second-order valence-corrected chi connectivity index (χ2v) is 8.64. The van der Waals surface area contributed by atoms with Crippen molar-refractivity contribution in [1.29, 1.82) is 0 Å². The van der Waals surface area contributed by atoms with Gasteiger partial charge in [0.1, 0.15) is 0 Å². The summed E-state index contributed by atoms with van der Waals surface area (Å²) in [5.74, 6) is 3.03. The van der Waals surface area contributed by atoms with E-state index in [2.05, 4.69) is 44.2 Å². The van der Waals surface area contributed by atoms with Gasteiger partial charge >= 0.3 is 0 Å². The van der Waals surface area contributed by atoms with Gasteiger partial charge in [-0.05, 0) is 86.3 Å². The van der Waals surface area contributed by atoms with Crippen molar-refractivity contribution in [3.63, 3.8) is 0 Å². The Bertz CT molecular complexity index is 545. The second kappa shape index (κ2) is 9.60. The maximum absolute atomic E-state index is 2.51. The van der Waals surface area contributed by atoms with Crippen molar-refractivity contribution in [2.75, 3.05) is 0 Å². The van der Waals surface area contributed by atoms with E-state index < -0.39 is 0 Å². The molecule has 0 aromatic heterocycles. The van der Waals surface area contributed by atoms with E-state index in [1.54, 1.807) is 11.1 Å². The first-order valence-electron chi connectivity index (χ1n) is 11.0. The first-order chi connectivity index (χ1) is 12.3. The highest BCUT2D eigenvalue weighted by atomic mass is 14.3. The molecule has 1 aromatic carbocycles. The zero-order chi connectivity index (χ0) is 17.5. The van der Waals surface area contributed by atoms with Gasteiger partial charge in [-0.1, -0.05) is 69.4 Å². The molecule has 138 valence electrons. The molecule has 25 heavy (non-hydrogen) atoms. The fraction of sp³-hybridized carbons (Fsp3) is 0.680. The summed E-state index contributed by atoms with van der Waals surface area (Å²) >= 11 is 0. The summed E-state index contributed by atoms with van der Waals surface area (Å²) < 4.78 is 0. The lowest BCUT2D eigenvalue weighted by Crippen LogP contribution is -2.26. The number of hydrogen-bond acceptors (Lipinski definition) is 0. The minimum absolute atomic E-state index is 0.966. The molecule has 1 unspecified atom stereocenters. The molecule has 2 aliphatic carbocycles. The molecule has 2 aliphatic rings. The van der Waals surface area contributed by atoms with Crippen molar-refractivity contribution in [3.8, 4) is 0 Å². The molecule has 1 atom stereocenters. The average molecular weight is 339 g/mol. The van der Waals surface area contributed by atoms with Crippen LogP contribution in [0, 0.1) is 17.8 Å². The quantitative estimate of drug-likeness (QED) is 0.458. The van der Waals surface area contributed by atoms with E-state index in [1.807, 2.05) is 0 Å². The molecule has 0 nitrogen and oxygen atoms in total. The summed E-state index contributed by atoms with van der Waals surface area (Å²) in [7, 11) is 0. The van der Waals surface area contributed by atoms with Gasteiger partial charge in [0, 0.05) is 0 Å². The van der Waals surface area contributed by atoms with Gasteiger partial charge in [0.05, 0.1) is 0 Å². The van der Waals surface area contributed by atoms with Crippen molar-refractivity contribution < 1.29 is 0 Å². The molecule has 0 heterocycles. The van der Waals surface area contributed by atoms with Gasteiger partial charge in [-0.3, -0.25) is 0 Å². The zero-order valence-electron chi connectivity index (χ0n) is 16.6. The molecule has 0 amide bonds. The zero-order valence-corrected chi connectivity index (χ0v) is 16.6. The normalized spacial score (nSPS) is 26.7. The van der Waals surface area contributed by atoms with Crippen LogP contribution < -0.4 is 0 Å². The number of fused-ring (bicyclic) bond motifs is 1. The summed E-state index contributed by atoms with van der Waals surface area (Å²) in [5, 5.41) is 0. The van der Waals surface area contributed by atoms with Gasteiger partial charge in [-0.2, -0.15) is 0 Å². The largest absolute Gasteiger partial charge is 0.0917 e. The fourth-order valence-corrected chi connectivity index (χ4v) is 5.25. The summed E-state index contributed by atoms with van der Waals surface area (Å²) in [6.45, 7) is 4.45. The smallest absolute Gasteiger partial charge is 0.0244 e. The van der Waals surface area contributed by atoms with Crippen LogP contribution in [-0.4, -0.2) is 0 Å². The van der Waals surface area contributed by atoms with Gasteiger partial charge < -0.3 is 0 Å². The molecule has 0 bridgehead atoms. The molecular weight excluding hydrogens is 300 g/mol. The number of benzene rings is 1. The molecule has 0 saturated heterocycles. The van der Waals surface area contributed by atoms with Crippen molar-refractivity contribution in [2.45, 2.75) is 90.9 Å². The lowest BCUT2D eigenvalue weighted by Gasteiger charge is -2.36. The standard InChI is InChI=1S/C25H38/c1-3-5-7-9-21-12-15-25-19-24(17-16-23(25)18-21)22-13-10-20(11-14-22)8-6-4-2/h3,5,12,15,18,20,22,24H,4,6-11,13-14,16-17,19H2,1-2H3/b5-3+. The maximum atomic E-state index is 2.51. The SMILES string of the molecule is C/C=C/CCc1ccc2c(c1)CCC(C1CCC(CCCC)CC1)C2. The Morgan fingerprint density at radius 3 is 2.60 bits per heavy atom. The van der Waals surface area contributed by atoms with Crippen LogP contribution in [0.1, 0.15) is 88.3 Å². The first-order valence-corrected chi connectivity index (χ1v) is 11.0. The molecule has 1 saturated carbocycles. The Balaban J connectivity index is 1.51. The highest BCUT2D eigenvalue weighted by Crippen LogP contribution is 2.40. The topological polar surface area (TPSA) is 0 Å². The average Bonchev–Trinajstić information content (AvgIpc) is 2.66. The van der Waals surface area contributed by atoms with Gasteiger partial charge in [-0.15, -0.1) is 0 Å². The molecule has 0 spiro atoms. The predicted octanol–water partition coefficient (Wildman–Crippen LogP) is 7.30. The van der Waals surface area contributed by atoms with Gasteiger partial charge in [0.2, 0.25) is 0 Å². The second-order valence-electron chi connectivity index (χ2n) is 8.64. The number of hydrogen-bond donors (Lipinski definition) is 0. The number of rotatable bonds is 7. The van der Waals surface area contributed by atoms with Crippen LogP contribution in [0.4, 0.5) is 0 Å². The summed E-state index contributed by atoms with van der Waals surface area (Å²) in [6.07, 6.45) is 21.3. The van der Waals surface area contributed by atoms with Gasteiger partial charge in [0.15, 0.2) is 0 Å². The van der Waals surface area contributed by atoms with Crippen LogP contribution in [-0.2, 0) is 19.3 Å². The highest BCUT2D eigenvalue weighted by Gasteiger charge is 2.29. The van der Waals surface area contributed by atoms with Crippen LogP contribution >= 0.6 is 0 Å². The van der Waals surface area contributed by atoms with E-state index in [4.69, 9.17) is 0 Å². The van der Waals surface area contributed by atoms with E-state index >= 15 is 0 Å². The third kappa shape index (κ3) is 5.22. The Hall–Kier alpha value is -1.04. The first kappa shape index (κ1) is 18.7.